The average Bonchev–Trinajstić information content (AvgIpc) is 2.63. The standard InChI is InChI=1S/C22H30N2O3S/c1-17(2)12-13-23-22(25)16-24(15-20-8-6-5-7-9-20)28(26,27)21-14-18(3)10-11-19(21)4/h5-11,14,17H,12-13,15-16H2,1-4H3,(H,23,25). The maximum atomic E-state index is 13.4. The highest BCUT2D eigenvalue weighted by molar-refractivity contribution is 7.89. The Bertz CT molecular complexity index is 893. The molecule has 28 heavy (non-hydrogen) atoms. The van der Waals surface area contributed by atoms with Gasteiger partial charge in [-0.2, -0.15) is 4.31 Å². The van der Waals surface area contributed by atoms with Gasteiger partial charge in [0.2, 0.25) is 15.9 Å². The van der Waals surface area contributed by atoms with Crippen molar-refractivity contribution >= 4 is 15.9 Å². The van der Waals surface area contributed by atoms with Crippen LogP contribution < -0.4 is 5.32 Å². The van der Waals surface area contributed by atoms with Gasteiger partial charge in [0.1, 0.15) is 0 Å². The number of rotatable bonds is 9. The van der Waals surface area contributed by atoms with E-state index in [0.29, 0.717) is 18.0 Å². The highest BCUT2D eigenvalue weighted by Gasteiger charge is 2.28. The second kappa shape index (κ2) is 9.85. The molecule has 5 nitrogen and oxygen atoms in total. The second-order valence-electron chi connectivity index (χ2n) is 7.56. The molecular weight excluding hydrogens is 372 g/mol. The van der Waals surface area contributed by atoms with Crippen molar-refractivity contribution in [2.75, 3.05) is 13.1 Å². The fourth-order valence-electron chi connectivity index (χ4n) is 2.85. The molecule has 0 heterocycles. The van der Waals surface area contributed by atoms with E-state index in [0.717, 1.165) is 17.5 Å². The van der Waals surface area contributed by atoms with Crippen molar-refractivity contribution < 1.29 is 13.2 Å². The minimum absolute atomic E-state index is 0.147. The molecule has 0 fully saturated rings. The van der Waals surface area contributed by atoms with E-state index >= 15 is 0 Å². The van der Waals surface area contributed by atoms with Crippen molar-refractivity contribution in [3.05, 3.63) is 65.2 Å². The first-order chi connectivity index (χ1) is 13.2. The van der Waals surface area contributed by atoms with Gasteiger partial charge in [0.25, 0.3) is 0 Å². The summed E-state index contributed by atoms with van der Waals surface area (Å²) >= 11 is 0. The Kier molecular flexibility index (Phi) is 7.78. The fourth-order valence-corrected chi connectivity index (χ4v) is 4.55. The lowest BCUT2D eigenvalue weighted by Crippen LogP contribution is -2.41. The summed E-state index contributed by atoms with van der Waals surface area (Å²) in [5, 5.41) is 2.83. The molecule has 0 unspecified atom stereocenters. The highest BCUT2D eigenvalue weighted by Crippen LogP contribution is 2.23. The number of hydrogen-bond donors (Lipinski definition) is 1. The summed E-state index contributed by atoms with van der Waals surface area (Å²) in [5.41, 5.74) is 2.38. The molecule has 0 aliphatic heterocycles. The molecule has 152 valence electrons. The first kappa shape index (κ1) is 22.1. The third-order valence-electron chi connectivity index (χ3n) is 4.53. The molecule has 0 saturated carbocycles. The predicted molar refractivity (Wildman–Crippen MR) is 112 cm³/mol. The zero-order chi connectivity index (χ0) is 20.7. The number of nitrogens with one attached hydrogen (secondary N) is 1. The summed E-state index contributed by atoms with van der Waals surface area (Å²) in [4.78, 5) is 12.7. The van der Waals surface area contributed by atoms with E-state index in [1.807, 2.05) is 43.3 Å². The van der Waals surface area contributed by atoms with Gasteiger partial charge in [0.05, 0.1) is 11.4 Å². The van der Waals surface area contributed by atoms with Crippen molar-refractivity contribution in [3.8, 4) is 0 Å². The van der Waals surface area contributed by atoms with Gasteiger partial charge in [-0.1, -0.05) is 56.3 Å². The largest absolute Gasteiger partial charge is 0.355 e. The molecule has 0 spiro atoms. The first-order valence-electron chi connectivity index (χ1n) is 9.58. The molecule has 2 rings (SSSR count). The summed E-state index contributed by atoms with van der Waals surface area (Å²) < 4.78 is 28.0. The Hall–Kier alpha value is -2.18. The van der Waals surface area contributed by atoms with Gasteiger partial charge in [-0.25, -0.2) is 8.42 Å². The second-order valence-corrected chi connectivity index (χ2v) is 9.47. The van der Waals surface area contributed by atoms with Crippen molar-refractivity contribution in [3.63, 3.8) is 0 Å². The minimum Gasteiger partial charge on any atom is -0.355 e. The van der Waals surface area contributed by atoms with Gasteiger partial charge in [0, 0.05) is 13.1 Å². The van der Waals surface area contributed by atoms with Gasteiger partial charge in [-0.3, -0.25) is 4.79 Å². The van der Waals surface area contributed by atoms with Crippen LogP contribution in [0.25, 0.3) is 0 Å². The normalized spacial score (nSPS) is 11.8. The number of aryl methyl sites for hydroxylation is 2. The van der Waals surface area contributed by atoms with Gasteiger partial charge < -0.3 is 5.32 Å². The quantitative estimate of drug-likeness (QED) is 0.696. The molecule has 6 heteroatoms. The van der Waals surface area contributed by atoms with Crippen LogP contribution in [0.1, 0.15) is 37.0 Å². The number of sulfonamides is 1. The Balaban J connectivity index is 2.29. The fraction of sp³-hybridized carbons (Fsp3) is 0.409. The monoisotopic (exact) mass is 402 g/mol. The molecule has 0 saturated heterocycles. The van der Waals surface area contributed by atoms with Crippen molar-refractivity contribution in [2.24, 2.45) is 5.92 Å². The molecule has 0 atom stereocenters. The van der Waals surface area contributed by atoms with Crippen LogP contribution in [-0.4, -0.2) is 31.7 Å². The molecule has 0 aliphatic carbocycles. The van der Waals surface area contributed by atoms with E-state index in [1.54, 1.807) is 19.1 Å². The average molecular weight is 403 g/mol. The molecule has 0 aromatic heterocycles. The molecule has 0 bridgehead atoms. The van der Waals surface area contributed by atoms with E-state index in [2.05, 4.69) is 19.2 Å². The van der Waals surface area contributed by atoms with Crippen LogP contribution in [0.3, 0.4) is 0 Å². The Morgan fingerprint density at radius 3 is 2.39 bits per heavy atom. The number of benzene rings is 2. The molecule has 2 aromatic carbocycles. The predicted octanol–water partition coefficient (Wildman–Crippen LogP) is 3.66. The van der Waals surface area contributed by atoms with E-state index in [1.165, 1.54) is 4.31 Å². The summed E-state index contributed by atoms with van der Waals surface area (Å²) in [6.07, 6.45) is 0.855. The zero-order valence-electron chi connectivity index (χ0n) is 17.1. The molecule has 1 amide bonds. The van der Waals surface area contributed by atoms with Crippen LogP contribution in [0, 0.1) is 19.8 Å². The van der Waals surface area contributed by atoms with Crippen LogP contribution >= 0.6 is 0 Å². The minimum atomic E-state index is -3.82. The molecular formula is C22H30N2O3S. The third-order valence-corrected chi connectivity index (χ3v) is 6.46. The van der Waals surface area contributed by atoms with E-state index in [4.69, 9.17) is 0 Å². The Morgan fingerprint density at radius 2 is 1.75 bits per heavy atom. The third kappa shape index (κ3) is 6.17. The maximum Gasteiger partial charge on any atom is 0.244 e. The van der Waals surface area contributed by atoms with Gasteiger partial charge in [0.15, 0.2) is 0 Å². The molecule has 0 aliphatic rings. The lowest BCUT2D eigenvalue weighted by Gasteiger charge is -2.23. The van der Waals surface area contributed by atoms with Gasteiger partial charge >= 0.3 is 0 Å². The lowest BCUT2D eigenvalue weighted by atomic mass is 10.1. The van der Waals surface area contributed by atoms with Gasteiger partial charge in [-0.15, -0.1) is 0 Å². The number of hydrogen-bond acceptors (Lipinski definition) is 3. The van der Waals surface area contributed by atoms with Crippen LogP contribution in [0.2, 0.25) is 0 Å². The number of amides is 1. The van der Waals surface area contributed by atoms with Gasteiger partial charge in [-0.05, 0) is 48.9 Å². The summed E-state index contributed by atoms with van der Waals surface area (Å²) in [7, 11) is -3.82. The van der Waals surface area contributed by atoms with E-state index < -0.39 is 10.0 Å². The van der Waals surface area contributed by atoms with Crippen molar-refractivity contribution in [2.45, 2.75) is 45.6 Å². The van der Waals surface area contributed by atoms with Crippen LogP contribution in [0.15, 0.2) is 53.4 Å². The smallest absolute Gasteiger partial charge is 0.244 e. The number of carbonyl (C=O) groups is 1. The van der Waals surface area contributed by atoms with Crippen LogP contribution in [-0.2, 0) is 21.4 Å². The Morgan fingerprint density at radius 1 is 1.07 bits per heavy atom. The first-order valence-corrected chi connectivity index (χ1v) is 11.0. The highest BCUT2D eigenvalue weighted by atomic mass is 32.2. The zero-order valence-corrected chi connectivity index (χ0v) is 17.9. The number of carbonyl (C=O) groups excluding carboxylic acids is 1. The Labute approximate surface area is 168 Å². The molecule has 1 N–H and O–H groups in total. The maximum absolute atomic E-state index is 13.4. The van der Waals surface area contributed by atoms with Crippen LogP contribution in [0.5, 0.6) is 0 Å². The summed E-state index contributed by atoms with van der Waals surface area (Å²) in [6, 6.07) is 14.7. The number of nitrogens with zero attached hydrogens (tertiary/aromatic N) is 1. The topological polar surface area (TPSA) is 66.5 Å². The van der Waals surface area contributed by atoms with Crippen molar-refractivity contribution in [1.29, 1.82) is 0 Å². The molecule has 0 radical (unpaired) electrons. The van der Waals surface area contributed by atoms with Crippen molar-refractivity contribution in [1.82, 2.24) is 9.62 Å². The van der Waals surface area contributed by atoms with E-state index in [9.17, 15) is 13.2 Å². The SMILES string of the molecule is Cc1ccc(C)c(S(=O)(=O)N(CC(=O)NCCC(C)C)Cc2ccccc2)c1. The van der Waals surface area contributed by atoms with E-state index in [-0.39, 0.29) is 23.9 Å². The lowest BCUT2D eigenvalue weighted by molar-refractivity contribution is -0.121. The van der Waals surface area contributed by atoms with Crippen LogP contribution in [0.4, 0.5) is 0 Å². The molecule has 2 aromatic rings. The summed E-state index contributed by atoms with van der Waals surface area (Å²) in [5.74, 6) is 0.185. The summed E-state index contributed by atoms with van der Waals surface area (Å²) in [6.45, 7) is 8.28.